The number of aliphatic carboxylic acids is 1. The molecule has 0 radical (unpaired) electrons. The lowest BCUT2D eigenvalue weighted by Gasteiger charge is -2.07. The molecule has 1 aliphatic heterocycles. The minimum Gasteiger partial charge on any atom is -0.480 e. The summed E-state index contributed by atoms with van der Waals surface area (Å²) in [5, 5.41) is 14.0. The second-order valence-electron chi connectivity index (χ2n) is 2.44. The van der Waals surface area contributed by atoms with E-state index in [1.165, 1.54) is 0 Å². The first-order valence-corrected chi connectivity index (χ1v) is 3.31. The molecule has 0 aromatic carbocycles. The Balaban J connectivity index is 2.66. The van der Waals surface area contributed by atoms with Crippen LogP contribution in [0.3, 0.4) is 0 Å². The van der Waals surface area contributed by atoms with E-state index >= 15 is 0 Å². The van der Waals surface area contributed by atoms with Gasteiger partial charge in [-0.25, -0.2) is 4.39 Å². The Hall–Kier alpha value is -1.33. The molecule has 0 aliphatic carbocycles. The van der Waals surface area contributed by atoms with Crippen molar-refractivity contribution in [2.45, 2.75) is 18.3 Å². The average molecular weight is 174 g/mol. The van der Waals surface area contributed by atoms with Gasteiger partial charge in [0.2, 0.25) is 0 Å². The van der Waals surface area contributed by atoms with Crippen molar-refractivity contribution in [3.8, 4) is 0 Å². The van der Waals surface area contributed by atoms with Crippen LogP contribution < -0.4 is 5.32 Å². The SMILES string of the molecule is [N-]=[N+]=N[C@@H]1CN[C@H](C(=O)O)[C@H]1F. The van der Waals surface area contributed by atoms with Gasteiger partial charge in [-0.15, -0.1) is 0 Å². The maximum atomic E-state index is 13.0. The number of azide groups is 1. The Bertz CT molecular complexity index is 230. The van der Waals surface area contributed by atoms with Gasteiger partial charge in [0.05, 0.1) is 6.04 Å². The third-order valence-electron chi connectivity index (χ3n) is 1.70. The monoisotopic (exact) mass is 174 g/mol. The van der Waals surface area contributed by atoms with Crippen LogP contribution in [0.1, 0.15) is 0 Å². The molecule has 1 rings (SSSR count). The van der Waals surface area contributed by atoms with Gasteiger partial charge < -0.3 is 10.4 Å². The molecule has 0 aromatic heterocycles. The third-order valence-corrected chi connectivity index (χ3v) is 1.70. The lowest BCUT2D eigenvalue weighted by atomic mass is 10.1. The van der Waals surface area contributed by atoms with Gasteiger partial charge >= 0.3 is 5.97 Å². The molecule has 1 fully saturated rings. The zero-order valence-corrected chi connectivity index (χ0v) is 6.01. The molecule has 0 spiro atoms. The van der Waals surface area contributed by atoms with Crippen LogP contribution in [0, 0.1) is 0 Å². The van der Waals surface area contributed by atoms with E-state index in [9.17, 15) is 9.18 Å². The van der Waals surface area contributed by atoms with E-state index in [2.05, 4.69) is 15.3 Å². The quantitative estimate of drug-likeness (QED) is 0.351. The van der Waals surface area contributed by atoms with E-state index in [0.29, 0.717) is 0 Å². The summed E-state index contributed by atoms with van der Waals surface area (Å²) in [7, 11) is 0. The molecule has 12 heavy (non-hydrogen) atoms. The molecular formula is C5H7FN4O2. The van der Waals surface area contributed by atoms with E-state index in [-0.39, 0.29) is 6.54 Å². The third kappa shape index (κ3) is 1.46. The molecule has 66 valence electrons. The largest absolute Gasteiger partial charge is 0.480 e. The molecule has 3 atom stereocenters. The number of hydrogen-bond acceptors (Lipinski definition) is 3. The minimum atomic E-state index is -1.64. The number of rotatable bonds is 2. The summed E-state index contributed by atoms with van der Waals surface area (Å²) in [4.78, 5) is 12.7. The standard InChI is InChI=1S/C5H7FN4O2/c6-3-2(9-10-7)1-8-4(3)5(11)12/h2-4,8H,1H2,(H,11,12)/t2-,3+,4+/m1/s1. The first-order chi connectivity index (χ1) is 5.66. The van der Waals surface area contributed by atoms with Crippen LogP contribution in [-0.4, -0.2) is 35.9 Å². The summed E-state index contributed by atoms with van der Waals surface area (Å²) in [6.45, 7) is 0.0716. The van der Waals surface area contributed by atoms with Gasteiger partial charge in [-0.05, 0) is 5.53 Å². The van der Waals surface area contributed by atoms with Gasteiger partial charge in [-0.2, -0.15) is 0 Å². The highest BCUT2D eigenvalue weighted by Gasteiger charge is 2.39. The molecule has 0 unspecified atom stereocenters. The number of hydrogen-bond donors (Lipinski definition) is 2. The Kier molecular flexibility index (Phi) is 2.47. The van der Waals surface area contributed by atoms with Crippen LogP contribution in [0.25, 0.3) is 10.4 Å². The fraction of sp³-hybridized carbons (Fsp3) is 0.800. The molecule has 6 nitrogen and oxygen atoms in total. The molecule has 0 bridgehead atoms. The van der Waals surface area contributed by atoms with Crippen LogP contribution in [0.2, 0.25) is 0 Å². The smallest absolute Gasteiger partial charge is 0.323 e. The Morgan fingerprint density at radius 1 is 1.83 bits per heavy atom. The maximum absolute atomic E-state index is 13.0. The van der Waals surface area contributed by atoms with Crippen molar-refractivity contribution < 1.29 is 14.3 Å². The van der Waals surface area contributed by atoms with Crippen molar-refractivity contribution in [3.63, 3.8) is 0 Å². The maximum Gasteiger partial charge on any atom is 0.323 e. The fourth-order valence-corrected chi connectivity index (χ4v) is 1.09. The molecule has 1 aliphatic rings. The number of halogens is 1. The number of alkyl halides is 1. The van der Waals surface area contributed by atoms with E-state index in [1.54, 1.807) is 0 Å². The summed E-state index contributed by atoms with van der Waals surface area (Å²) in [6, 6.07) is -2.16. The van der Waals surface area contributed by atoms with Crippen molar-refractivity contribution >= 4 is 5.97 Å². The fourth-order valence-electron chi connectivity index (χ4n) is 1.09. The average Bonchev–Trinajstić information content (AvgIpc) is 2.34. The number of nitrogens with one attached hydrogen (secondary N) is 1. The van der Waals surface area contributed by atoms with Crippen molar-refractivity contribution in [2.75, 3.05) is 6.54 Å². The molecule has 1 heterocycles. The number of carbonyl (C=O) groups is 1. The van der Waals surface area contributed by atoms with Gasteiger partial charge in [0.1, 0.15) is 12.2 Å². The zero-order valence-electron chi connectivity index (χ0n) is 6.01. The van der Waals surface area contributed by atoms with Crippen molar-refractivity contribution in [2.24, 2.45) is 5.11 Å². The minimum absolute atomic E-state index is 0.0716. The van der Waals surface area contributed by atoms with Crippen molar-refractivity contribution in [3.05, 3.63) is 10.4 Å². The Labute approximate surface area is 67.0 Å². The summed E-state index contributed by atoms with van der Waals surface area (Å²) >= 11 is 0. The predicted molar refractivity (Wildman–Crippen MR) is 37.3 cm³/mol. The van der Waals surface area contributed by atoms with E-state index in [1.807, 2.05) is 0 Å². The number of carboxylic acid groups (broad SMARTS) is 1. The summed E-state index contributed by atoms with van der Waals surface area (Å²) in [5.74, 6) is -1.27. The van der Waals surface area contributed by atoms with E-state index in [4.69, 9.17) is 10.6 Å². The van der Waals surface area contributed by atoms with Crippen LogP contribution in [0.5, 0.6) is 0 Å². The summed E-state index contributed by atoms with van der Waals surface area (Å²) in [6.07, 6.45) is -1.64. The van der Waals surface area contributed by atoms with Gasteiger partial charge in [-0.1, -0.05) is 5.11 Å². The van der Waals surface area contributed by atoms with E-state index in [0.717, 1.165) is 0 Å². The molecule has 0 saturated carbocycles. The highest BCUT2D eigenvalue weighted by molar-refractivity contribution is 5.75. The first kappa shape index (κ1) is 8.76. The lowest BCUT2D eigenvalue weighted by Crippen LogP contribution is -2.37. The summed E-state index contributed by atoms with van der Waals surface area (Å²) < 4.78 is 13.0. The number of nitrogens with zero attached hydrogens (tertiary/aromatic N) is 3. The molecule has 0 amide bonds. The first-order valence-electron chi connectivity index (χ1n) is 3.31. The van der Waals surface area contributed by atoms with Gasteiger partial charge in [0, 0.05) is 11.5 Å². The second kappa shape index (κ2) is 3.38. The second-order valence-corrected chi connectivity index (χ2v) is 2.44. The molecule has 1 saturated heterocycles. The van der Waals surface area contributed by atoms with Crippen molar-refractivity contribution in [1.82, 2.24) is 5.32 Å². The van der Waals surface area contributed by atoms with E-state index < -0.39 is 24.2 Å². The normalized spacial score (nSPS) is 34.2. The topological polar surface area (TPSA) is 98.1 Å². The molecule has 7 heteroatoms. The Morgan fingerprint density at radius 2 is 2.50 bits per heavy atom. The zero-order chi connectivity index (χ0) is 9.14. The van der Waals surface area contributed by atoms with Crippen LogP contribution in [0.15, 0.2) is 5.11 Å². The molecular weight excluding hydrogens is 167 g/mol. The van der Waals surface area contributed by atoms with Crippen LogP contribution in [0.4, 0.5) is 4.39 Å². The number of carboxylic acids is 1. The molecule has 0 aromatic rings. The predicted octanol–water partition coefficient (Wildman–Crippen LogP) is 0.0598. The van der Waals surface area contributed by atoms with Gasteiger partial charge in [0.25, 0.3) is 0 Å². The Morgan fingerprint density at radius 3 is 2.92 bits per heavy atom. The van der Waals surface area contributed by atoms with Gasteiger partial charge in [-0.3, -0.25) is 4.79 Å². The summed E-state index contributed by atoms with van der Waals surface area (Å²) in [5.41, 5.74) is 7.99. The highest BCUT2D eigenvalue weighted by atomic mass is 19.1. The van der Waals surface area contributed by atoms with Crippen LogP contribution >= 0.6 is 0 Å². The highest BCUT2D eigenvalue weighted by Crippen LogP contribution is 2.15. The van der Waals surface area contributed by atoms with Crippen molar-refractivity contribution in [1.29, 1.82) is 0 Å². The van der Waals surface area contributed by atoms with Crippen LogP contribution in [-0.2, 0) is 4.79 Å². The molecule has 2 N–H and O–H groups in total. The lowest BCUT2D eigenvalue weighted by molar-refractivity contribution is -0.140. The van der Waals surface area contributed by atoms with Gasteiger partial charge in [0.15, 0.2) is 0 Å².